The van der Waals surface area contributed by atoms with E-state index in [4.69, 9.17) is 0 Å². The van der Waals surface area contributed by atoms with Crippen molar-refractivity contribution in [3.05, 3.63) is 0 Å². The molecule has 0 aromatic carbocycles. The number of aliphatic hydroxyl groups is 1. The van der Waals surface area contributed by atoms with Gasteiger partial charge in [0.1, 0.15) is 0 Å². The standard InChI is InChI=1S/C24H43N3O/c1-17(2)25-6-3-22(4-7-25)27-9-8-26(16-23(27)5-10-28)24-20-12-18-11-19(14-20)15-21(24)13-18/h17-24,28H,3-16H2,1-2H3/t18?,19?,20?,21?,23-,24?/m0/s1. The van der Waals surface area contributed by atoms with E-state index in [1.807, 2.05) is 0 Å². The summed E-state index contributed by atoms with van der Waals surface area (Å²) in [5, 5.41) is 9.79. The maximum absolute atomic E-state index is 9.79. The Balaban J connectivity index is 1.23. The topological polar surface area (TPSA) is 30.0 Å². The molecule has 1 N–H and O–H groups in total. The summed E-state index contributed by atoms with van der Waals surface area (Å²) in [6, 6.07) is 2.88. The van der Waals surface area contributed by atoms with Crippen molar-refractivity contribution < 1.29 is 5.11 Å². The molecule has 6 fully saturated rings. The Hall–Kier alpha value is -0.160. The first-order valence-electron chi connectivity index (χ1n) is 12.5. The Morgan fingerprint density at radius 3 is 2.07 bits per heavy atom. The van der Waals surface area contributed by atoms with Gasteiger partial charge in [-0.1, -0.05) is 0 Å². The van der Waals surface area contributed by atoms with Crippen molar-refractivity contribution in [1.82, 2.24) is 14.7 Å². The minimum Gasteiger partial charge on any atom is -0.396 e. The van der Waals surface area contributed by atoms with Crippen LogP contribution in [-0.2, 0) is 0 Å². The number of nitrogens with zero attached hydrogens (tertiary/aromatic N) is 3. The molecule has 0 unspecified atom stereocenters. The fourth-order valence-corrected chi connectivity index (χ4v) is 8.28. The second-order valence-electron chi connectivity index (χ2n) is 11.2. The first kappa shape index (κ1) is 19.8. The monoisotopic (exact) mass is 389 g/mol. The van der Waals surface area contributed by atoms with Crippen LogP contribution in [0.5, 0.6) is 0 Å². The molecule has 0 spiro atoms. The average Bonchev–Trinajstić information content (AvgIpc) is 2.68. The Labute approximate surface area is 172 Å². The third kappa shape index (κ3) is 3.68. The summed E-state index contributed by atoms with van der Waals surface area (Å²) in [4.78, 5) is 8.37. The van der Waals surface area contributed by atoms with E-state index in [0.717, 1.165) is 42.2 Å². The minimum absolute atomic E-state index is 0.349. The lowest BCUT2D eigenvalue weighted by Crippen LogP contribution is -2.64. The SMILES string of the molecule is CC(C)N1CCC(N2CCN(C3C4CC5CC(C4)CC3C5)C[C@@H]2CCO)CC1. The van der Waals surface area contributed by atoms with E-state index in [-0.39, 0.29) is 0 Å². The van der Waals surface area contributed by atoms with Gasteiger partial charge in [0.2, 0.25) is 0 Å². The summed E-state index contributed by atoms with van der Waals surface area (Å²) in [5.74, 6) is 4.12. The van der Waals surface area contributed by atoms with Crippen LogP contribution in [0.4, 0.5) is 0 Å². The first-order valence-corrected chi connectivity index (χ1v) is 12.5. The van der Waals surface area contributed by atoms with Gasteiger partial charge in [-0.05, 0) is 102 Å². The number of hydrogen-bond acceptors (Lipinski definition) is 4. The third-order valence-electron chi connectivity index (χ3n) is 9.32. The van der Waals surface area contributed by atoms with E-state index in [2.05, 4.69) is 28.5 Å². The van der Waals surface area contributed by atoms with E-state index in [1.54, 1.807) is 6.42 Å². The normalized spacial score (nSPS) is 43.3. The van der Waals surface area contributed by atoms with Gasteiger partial charge in [-0.3, -0.25) is 9.80 Å². The zero-order valence-corrected chi connectivity index (χ0v) is 18.3. The van der Waals surface area contributed by atoms with Crippen molar-refractivity contribution in [1.29, 1.82) is 0 Å². The van der Waals surface area contributed by atoms with Gasteiger partial charge in [0.05, 0.1) is 0 Å². The van der Waals surface area contributed by atoms with Crippen molar-refractivity contribution in [3.8, 4) is 0 Å². The molecule has 4 nitrogen and oxygen atoms in total. The van der Waals surface area contributed by atoms with E-state index < -0.39 is 0 Å². The molecule has 4 saturated carbocycles. The van der Waals surface area contributed by atoms with Crippen molar-refractivity contribution >= 4 is 0 Å². The van der Waals surface area contributed by atoms with Gasteiger partial charge in [0.25, 0.3) is 0 Å². The van der Waals surface area contributed by atoms with Crippen LogP contribution in [0.1, 0.15) is 65.2 Å². The quantitative estimate of drug-likeness (QED) is 0.783. The summed E-state index contributed by atoms with van der Waals surface area (Å²) in [5.41, 5.74) is 0. The van der Waals surface area contributed by atoms with E-state index >= 15 is 0 Å². The van der Waals surface area contributed by atoms with Gasteiger partial charge in [0, 0.05) is 50.4 Å². The molecular weight excluding hydrogens is 346 g/mol. The lowest BCUT2D eigenvalue weighted by Gasteiger charge is -2.59. The Morgan fingerprint density at radius 1 is 0.857 bits per heavy atom. The van der Waals surface area contributed by atoms with Gasteiger partial charge in [-0.15, -0.1) is 0 Å². The Kier molecular flexibility index (Phi) is 5.77. The van der Waals surface area contributed by atoms with Crippen molar-refractivity contribution in [2.24, 2.45) is 23.7 Å². The minimum atomic E-state index is 0.349. The fraction of sp³-hybridized carbons (Fsp3) is 1.00. The lowest BCUT2D eigenvalue weighted by molar-refractivity contribution is -0.0941. The molecule has 1 atom stereocenters. The molecule has 2 saturated heterocycles. The van der Waals surface area contributed by atoms with Gasteiger partial charge < -0.3 is 10.0 Å². The summed E-state index contributed by atoms with van der Waals surface area (Å²) >= 11 is 0. The summed E-state index contributed by atoms with van der Waals surface area (Å²) in [6.07, 6.45) is 11.2. The largest absolute Gasteiger partial charge is 0.396 e. The molecule has 0 amide bonds. The number of aliphatic hydroxyl groups excluding tert-OH is 1. The Bertz CT molecular complexity index is 502. The lowest BCUT2D eigenvalue weighted by atomic mass is 9.53. The van der Waals surface area contributed by atoms with E-state index in [0.29, 0.717) is 18.7 Å². The van der Waals surface area contributed by atoms with Crippen LogP contribution in [-0.4, -0.2) is 83.3 Å². The maximum Gasteiger partial charge on any atom is 0.0446 e. The first-order chi connectivity index (χ1) is 13.6. The summed E-state index contributed by atoms with van der Waals surface area (Å²) in [6.45, 7) is 11.3. The van der Waals surface area contributed by atoms with Crippen LogP contribution in [0.25, 0.3) is 0 Å². The molecule has 0 aromatic heterocycles. The molecule has 160 valence electrons. The number of likely N-dealkylation sites (tertiary alicyclic amines) is 1. The zero-order chi connectivity index (χ0) is 19.3. The highest BCUT2D eigenvalue weighted by atomic mass is 16.3. The highest BCUT2D eigenvalue weighted by molar-refractivity contribution is 5.04. The van der Waals surface area contributed by atoms with Crippen molar-refractivity contribution in [3.63, 3.8) is 0 Å². The Morgan fingerprint density at radius 2 is 1.50 bits per heavy atom. The van der Waals surface area contributed by atoms with E-state index in [1.165, 1.54) is 71.2 Å². The number of rotatable bonds is 5. The second-order valence-corrected chi connectivity index (χ2v) is 11.2. The maximum atomic E-state index is 9.79. The zero-order valence-electron chi connectivity index (χ0n) is 18.3. The van der Waals surface area contributed by atoms with Crippen LogP contribution in [0, 0.1) is 23.7 Å². The van der Waals surface area contributed by atoms with Crippen LogP contribution in [0.15, 0.2) is 0 Å². The van der Waals surface area contributed by atoms with Crippen molar-refractivity contribution in [2.75, 3.05) is 39.3 Å². The average molecular weight is 390 g/mol. The van der Waals surface area contributed by atoms with Gasteiger partial charge in [0.15, 0.2) is 0 Å². The molecule has 6 rings (SSSR count). The molecule has 4 bridgehead atoms. The molecular formula is C24H43N3O. The highest BCUT2D eigenvalue weighted by Gasteiger charge is 2.51. The van der Waals surface area contributed by atoms with E-state index in [9.17, 15) is 5.11 Å². The number of piperidine rings is 1. The van der Waals surface area contributed by atoms with Crippen LogP contribution in [0.3, 0.4) is 0 Å². The van der Waals surface area contributed by atoms with Crippen LogP contribution < -0.4 is 0 Å². The molecule has 4 heteroatoms. The fourth-order valence-electron chi connectivity index (χ4n) is 8.28. The van der Waals surface area contributed by atoms with Crippen LogP contribution in [0.2, 0.25) is 0 Å². The molecule has 4 aliphatic carbocycles. The molecule has 0 radical (unpaired) electrons. The van der Waals surface area contributed by atoms with Crippen LogP contribution >= 0.6 is 0 Å². The number of hydrogen-bond donors (Lipinski definition) is 1. The molecule has 0 aromatic rings. The molecule has 28 heavy (non-hydrogen) atoms. The predicted molar refractivity (Wildman–Crippen MR) is 114 cm³/mol. The molecule has 6 aliphatic rings. The van der Waals surface area contributed by atoms with Gasteiger partial charge >= 0.3 is 0 Å². The van der Waals surface area contributed by atoms with Crippen molar-refractivity contribution in [2.45, 2.75) is 89.4 Å². The molecule has 2 aliphatic heterocycles. The number of piperazine rings is 1. The summed E-state index contributed by atoms with van der Waals surface area (Å²) < 4.78 is 0. The smallest absolute Gasteiger partial charge is 0.0446 e. The second kappa shape index (κ2) is 8.17. The molecule has 2 heterocycles. The predicted octanol–water partition coefficient (Wildman–Crippen LogP) is 3.05. The van der Waals surface area contributed by atoms with Gasteiger partial charge in [-0.25, -0.2) is 0 Å². The highest BCUT2D eigenvalue weighted by Crippen LogP contribution is 2.55. The summed E-state index contributed by atoms with van der Waals surface area (Å²) in [7, 11) is 0. The third-order valence-corrected chi connectivity index (χ3v) is 9.32. The van der Waals surface area contributed by atoms with Gasteiger partial charge in [-0.2, -0.15) is 0 Å².